The van der Waals surface area contributed by atoms with Crippen LogP contribution in [0.2, 0.25) is 0 Å². The third kappa shape index (κ3) is 5.66. The molecule has 0 aromatic carbocycles. The second-order valence-electron chi connectivity index (χ2n) is 9.30. The molecular weight excluding hydrogens is 344 g/mol. The van der Waals surface area contributed by atoms with Gasteiger partial charge in [-0.05, 0) is 81.8 Å². The van der Waals surface area contributed by atoms with Gasteiger partial charge in [0.25, 0.3) is 0 Å². The minimum absolute atomic E-state index is 0.0598. The summed E-state index contributed by atoms with van der Waals surface area (Å²) >= 11 is 0. The number of hydrogen-bond acceptors (Lipinski definition) is 5. The number of hydrogen-bond donors (Lipinski definition) is 2. The molecular formula is C22H36O5. The summed E-state index contributed by atoms with van der Waals surface area (Å²) in [6.45, 7) is 13.4. The highest BCUT2D eigenvalue weighted by Crippen LogP contribution is 2.60. The van der Waals surface area contributed by atoms with Crippen molar-refractivity contribution in [2.45, 2.75) is 91.0 Å². The Balaban J connectivity index is 2.20. The summed E-state index contributed by atoms with van der Waals surface area (Å²) in [7, 11) is 0. The molecule has 0 aromatic heterocycles. The zero-order valence-electron chi connectivity index (χ0n) is 17.5. The molecule has 2 aliphatic carbocycles. The molecule has 0 heterocycles. The first-order valence-electron chi connectivity index (χ1n) is 10.0. The van der Waals surface area contributed by atoms with Crippen LogP contribution in [0.1, 0.15) is 73.1 Å². The highest BCUT2D eigenvalue weighted by molar-refractivity contribution is 5.66. The molecule has 0 saturated heterocycles. The maximum absolute atomic E-state index is 11.4. The molecule has 2 aliphatic rings. The standard InChI is InChI=1S/C22H36O5/c1-14(2)20(27-25)8-10-21(5)9-7-15(3)11-17(26-16(4)23)13-22(6,24)19-12-18(19)21/h11,17-20,24-25H,1,7-10,12-13H2,2-6H3/b15-11-/t17-,18-,19-,20-,21+,22-/m0/s1. The van der Waals surface area contributed by atoms with E-state index in [2.05, 4.69) is 25.3 Å². The third-order valence-electron chi connectivity index (χ3n) is 6.63. The zero-order chi connectivity index (χ0) is 20.4. The molecule has 5 heteroatoms. The third-order valence-corrected chi connectivity index (χ3v) is 6.63. The predicted octanol–water partition coefficient (Wildman–Crippen LogP) is 4.66. The molecule has 1 saturated carbocycles. The topological polar surface area (TPSA) is 76.0 Å². The fourth-order valence-corrected chi connectivity index (χ4v) is 4.79. The van der Waals surface area contributed by atoms with E-state index in [1.807, 2.05) is 19.9 Å². The fraction of sp³-hybridized carbons (Fsp3) is 0.773. The molecule has 2 N–H and O–H groups in total. The number of aliphatic hydroxyl groups is 1. The van der Waals surface area contributed by atoms with Gasteiger partial charge in [0.2, 0.25) is 0 Å². The zero-order valence-corrected chi connectivity index (χ0v) is 17.5. The molecule has 6 atom stereocenters. The first-order valence-corrected chi connectivity index (χ1v) is 10.0. The number of esters is 1. The second-order valence-corrected chi connectivity index (χ2v) is 9.30. The van der Waals surface area contributed by atoms with E-state index < -0.39 is 5.60 Å². The van der Waals surface area contributed by atoms with Gasteiger partial charge in [0.15, 0.2) is 0 Å². The summed E-state index contributed by atoms with van der Waals surface area (Å²) in [5, 5.41) is 20.3. The van der Waals surface area contributed by atoms with Gasteiger partial charge in [-0.1, -0.05) is 19.1 Å². The molecule has 27 heavy (non-hydrogen) atoms. The number of carbonyl (C=O) groups is 1. The number of carbonyl (C=O) groups excluding carboxylic acids is 1. The lowest BCUT2D eigenvalue weighted by Gasteiger charge is -2.36. The van der Waals surface area contributed by atoms with E-state index in [-0.39, 0.29) is 29.5 Å². The van der Waals surface area contributed by atoms with Gasteiger partial charge in [-0.15, -0.1) is 0 Å². The Bertz CT molecular complexity index is 594. The molecule has 2 rings (SSSR count). The van der Waals surface area contributed by atoms with Crippen molar-refractivity contribution in [3.05, 3.63) is 23.8 Å². The van der Waals surface area contributed by atoms with Gasteiger partial charge >= 0.3 is 5.97 Å². The first kappa shape index (κ1) is 22.1. The van der Waals surface area contributed by atoms with E-state index in [0.29, 0.717) is 18.8 Å². The molecule has 0 radical (unpaired) electrons. The van der Waals surface area contributed by atoms with E-state index in [0.717, 1.165) is 31.3 Å². The van der Waals surface area contributed by atoms with Gasteiger partial charge in [0, 0.05) is 13.3 Å². The maximum atomic E-state index is 11.4. The molecule has 1 fully saturated rings. The van der Waals surface area contributed by atoms with Gasteiger partial charge in [-0.2, -0.15) is 0 Å². The fourth-order valence-electron chi connectivity index (χ4n) is 4.79. The normalized spacial score (nSPS) is 39.5. The second kappa shape index (κ2) is 8.46. The molecule has 0 bridgehead atoms. The Morgan fingerprint density at radius 1 is 1.37 bits per heavy atom. The maximum Gasteiger partial charge on any atom is 0.303 e. The van der Waals surface area contributed by atoms with Crippen LogP contribution in [-0.2, 0) is 14.4 Å². The van der Waals surface area contributed by atoms with Crippen LogP contribution in [-0.4, -0.2) is 34.1 Å². The molecule has 0 aliphatic heterocycles. The van der Waals surface area contributed by atoms with Gasteiger partial charge in [-0.3, -0.25) is 10.1 Å². The average molecular weight is 381 g/mol. The minimum Gasteiger partial charge on any atom is -0.458 e. The summed E-state index contributed by atoms with van der Waals surface area (Å²) in [6, 6.07) is 0. The van der Waals surface area contributed by atoms with Crippen LogP contribution in [0.15, 0.2) is 23.8 Å². The van der Waals surface area contributed by atoms with Crippen molar-refractivity contribution in [1.29, 1.82) is 0 Å². The number of ether oxygens (including phenoxy) is 1. The summed E-state index contributed by atoms with van der Waals surface area (Å²) in [5.41, 5.74) is 1.18. The Morgan fingerprint density at radius 3 is 2.59 bits per heavy atom. The van der Waals surface area contributed by atoms with Crippen LogP contribution < -0.4 is 0 Å². The van der Waals surface area contributed by atoms with Crippen LogP contribution >= 0.6 is 0 Å². The molecule has 5 nitrogen and oxygen atoms in total. The van der Waals surface area contributed by atoms with Crippen LogP contribution in [0.5, 0.6) is 0 Å². The van der Waals surface area contributed by atoms with Crippen molar-refractivity contribution in [3.8, 4) is 0 Å². The van der Waals surface area contributed by atoms with Crippen molar-refractivity contribution in [2.24, 2.45) is 17.3 Å². The number of rotatable bonds is 6. The van der Waals surface area contributed by atoms with Crippen LogP contribution in [0.25, 0.3) is 0 Å². The Labute approximate surface area is 163 Å². The SMILES string of the molecule is C=C(C)[C@H](CC[C@@]1(C)CC/C(C)=C\[C@H](OC(C)=O)C[C@](C)(O)[C@H]2C[C@@H]21)OO. The summed E-state index contributed by atoms with van der Waals surface area (Å²) < 4.78 is 5.44. The van der Waals surface area contributed by atoms with E-state index in [1.165, 1.54) is 12.5 Å². The Hall–Kier alpha value is -1.17. The summed E-state index contributed by atoms with van der Waals surface area (Å²) in [6.07, 6.45) is 6.22. The first-order chi connectivity index (χ1) is 12.5. The van der Waals surface area contributed by atoms with Crippen molar-refractivity contribution in [1.82, 2.24) is 0 Å². The molecule has 0 amide bonds. The van der Waals surface area contributed by atoms with Gasteiger partial charge in [0.1, 0.15) is 12.2 Å². The number of allylic oxidation sites excluding steroid dienone is 1. The average Bonchev–Trinajstić information content (AvgIpc) is 3.33. The van der Waals surface area contributed by atoms with Gasteiger partial charge < -0.3 is 9.84 Å². The molecule has 0 spiro atoms. The van der Waals surface area contributed by atoms with Gasteiger partial charge in [-0.25, -0.2) is 4.89 Å². The largest absolute Gasteiger partial charge is 0.458 e. The lowest BCUT2D eigenvalue weighted by atomic mass is 9.72. The van der Waals surface area contributed by atoms with Crippen LogP contribution in [0.3, 0.4) is 0 Å². The summed E-state index contributed by atoms with van der Waals surface area (Å²) in [5.74, 6) is 0.301. The van der Waals surface area contributed by atoms with E-state index in [4.69, 9.17) is 9.99 Å². The van der Waals surface area contributed by atoms with E-state index >= 15 is 0 Å². The lowest BCUT2D eigenvalue weighted by Crippen LogP contribution is -2.37. The Morgan fingerprint density at radius 2 is 2.04 bits per heavy atom. The van der Waals surface area contributed by atoms with Crippen molar-refractivity contribution >= 4 is 5.97 Å². The van der Waals surface area contributed by atoms with Crippen molar-refractivity contribution < 1.29 is 24.8 Å². The minimum atomic E-state index is -0.874. The number of fused-ring (bicyclic) bond motifs is 1. The molecule has 0 aromatic rings. The van der Waals surface area contributed by atoms with E-state index in [9.17, 15) is 9.90 Å². The van der Waals surface area contributed by atoms with Crippen LogP contribution in [0, 0.1) is 17.3 Å². The highest BCUT2D eigenvalue weighted by atomic mass is 17.1. The molecule has 0 unspecified atom stereocenters. The predicted molar refractivity (Wildman–Crippen MR) is 105 cm³/mol. The Kier molecular flexibility index (Phi) is 6.93. The lowest BCUT2D eigenvalue weighted by molar-refractivity contribution is -0.270. The van der Waals surface area contributed by atoms with Gasteiger partial charge in [0.05, 0.1) is 5.60 Å². The van der Waals surface area contributed by atoms with E-state index in [1.54, 1.807) is 0 Å². The summed E-state index contributed by atoms with van der Waals surface area (Å²) in [4.78, 5) is 16.0. The van der Waals surface area contributed by atoms with Crippen LogP contribution in [0.4, 0.5) is 0 Å². The monoisotopic (exact) mass is 380 g/mol. The quantitative estimate of drug-likeness (QED) is 0.303. The smallest absolute Gasteiger partial charge is 0.303 e. The van der Waals surface area contributed by atoms with Crippen molar-refractivity contribution in [2.75, 3.05) is 0 Å². The molecule has 154 valence electrons. The highest BCUT2D eigenvalue weighted by Gasteiger charge is 2.57. The van der Waals surface area contributed by atoms with Crippen molar-refractivity contribution in [3.63, 3.8) is 0 Å².